The Morgan fingerprint density at radius 2 is 1.27 bits per heavy atom. The summed E-state index contributed by atoms with van der Waals surface area (Å²) >= 11 is 0. The SMILES string of the molecule is CCCCCCCC(CCCCCCC)OC(=O)CCCN(CCCC(=O)OC(C)(C)C)S(=O)(=O)c1ccc([N+](=O)[O-])cc1. The van der Waals surface area contributed by atoms with E-state index in [2.05, 4.69) is 13.8 Å². The first-order valence-electron chi connectivity index (χ1n) is 16.5. The van der Waals surface area contributed by atoms with Crippen molar-refractivity contribution in [3.8, 4) is 0 Å². The number of esters is 2. The van der Waals surface area contributed by atoms with Gasteiger partial charge < -0.3 is 9.47 Å². The molecular weight excluding hydrogens is 584 g/mol. The van der Waals surface area contributed by atoms with E-state index < -0.39 is 26.5 Å². The zero-order valence-electron chi connectivity index (χ0n) is 27.7. The second kappa shape index (κ2) is 21.2. The highest BCUT2D eigenvalue weighted by atomic mass is 32.2. The summed E-state index contributed by atoms with van der Waals surface area (Å²) in [4.78, 5) is 35.4. The molecule has 0 fully saturated rings. The van der Waals surface area contributed by atoms with Gasteiger partial charge in [0.15, 0.2) is 0 Å². The van der Waals surface area contributed by atoms with Crippen molar-refractivity contribution in [2.75, 3.05) is 13.1 Å². The molecule has 0 saturated heterocycles. The number of hydrogen-bond acceptors (Lipinski definition) is 8. The van der Waals surface area contributed by atoms with E-state index in [0.29, 0.717) is 0 Å². The van der Waals surface area contributed by atoms with E-state index in [1.54, 1.807) is 20.8 Å². The van der Waals surface area contributed by atoms with Crippen LogP contribution in [0.1, 0.15) is 137 Å². The van der Waals surface area contributed by atoms with Crippen LogP contribution in [0.4, 0.5) is 5.69 Å². The van der Waals surface area contributed by atoms with E-state index in [4.69, 9.17) is 9.47 Å². The van der Waals surface area contributed by atoms with Crippen LogP contribution in [0.5, 0.6) is 0 Å². The monoisotopic (exact) mass is 640 g/mol. The van der Waals surface area contributed by atoms with Crippen LogP contribution in [0, 0.1) is 10.1 Å². The van der Waals surface area contributed by atoms with Crippen molar-refractivity contribution < 1.29 is 32.4 Å². The zero-order chi connectivity index (χ0) is 33.0. The molecule has 1 aromatic rings. The number of carbonyl (C=O) groups excluding carboxylic acids is 2. The van der Waals surface area contributed by atoms with Crippen LogP contribution in [-0.2, 0) is 29.1 Å². The summed E-state index contributed by atoms with van der Waals surface area (Å²) in [6.07, 6.45) is 13.5. The van der Waals surface area contributed by atoms with E-state index in [1.807, 2.05) is 0 Å². The normalized spacial score (nSPS) is 12.1. The van der Waals surface area contributed by atoms with Gasteiger partial charge in [0.1, 0.15) is 11.7 Å². The van der Waals surface area contributed by atoms with Gasteiger partial charge in [0.25, 0.3) is 5.69 Å². The van der Waals surface area contributed by atoms with Crippen molar-refractivity contribution in [3.63, 3.8) is 0 Å². The molecule has 0 spiro atoms. The van der Waals surface area contributed by atoms with Crippen LogP contribution >= 0.6 is 0 Å². The average Bonchev–Trinajstić information content (AvgIpc) is 2.95. The van der Waals surface area contributed by atoms with Crippen molar-refractivity contribution in [1.82, 2.24) is 4.31 Å². The van der Waals surface area contributed by atoms with Crippen LogP contribution in [0.3, 0.4) is 0 Å². The molecule has 0 saturated carbocycles. The first kappa shape index (κ1) is 39.5. The molecule has 0 radical (unpaired) electrons. The van der Waals surface area contributed by atoms with Gasteiger partial charge in [0, 0.05) is 38.1 Å². The standard InChI is InChI=1S/C33H56N2O8S/c1-6-8-10-12-14-18-29(19-15-13-11-9-7-2)42-31(36)20-16-26-34(27-17-21-32(37)43-33(3,4)5)44(40,41)30-24-22-28(23-25-30)35(38)39/h22-25,29H,6-21,26-27H2,1-5H3. The molecule has 0 aliphatic carbocycles. The number of carbonyl (C=O) groups is 2. The van der Waals surface area contributed by atoms with E-state index in [9.17, 15) is 28.1 Å². The number of sulfonamides is 1. The minimum Gasteiger partial charge on any atom is -0.462 e. The van der Waals surface area contributed by atoms with Gasteiger partial charge in [0.05, 0.1) is 9.82 Å². The molecule has 1 aromatic carbocycles. The Hall–Kier alpha value is -2.53. The summed E-state index contributed by atoms with van der Waals surface area (Å²) in [5, 5.41) is 11.0. The van der Waals surface area contributed by atoms with Crippen molar-refractivity contribution in [2.45, 2.75) is 154 Å². The lowest BCUT2D eigenvalue weighted by molar-refractivity contribution is -0.384. The predicted molar refractivity (Wildman–Crippen MR) is 173 cm³/mol. The van der Waals surface area contributed by atoms with E-state index >= 15 is 0 Å². The molecule has 0 atom stereocenters. The molecule has 1 rings (SSSR count). The van der Waals surface area contributed by atoms with Crippen LogP contribution in [0.25, 0.3) is 0 Å². The highest BCUT2D eigenvalue weighted by molar-refractivity contribution is 7.89. The van der Waals surface area contributed by atoms with E-state index in [1.165, 1.54) is 55.0 Å². The lowest BCUT2D eigenvalue weighted by Gasteiger charge is -2.23. The van der Waals surface area contributed by atoms with Gasteiger partial charge in [-0.1, -0.05) is 65.2 Å². The third-order valence-corrected chi connectivity index (χ3v) is 9.15. The highest BCUT2D eigenvalue weighted by Crippen LogP contribution is 2.22. The number of benzene rings is 1. The first-order valence-corrected chi connectivity index (χ1v) is 17.9. The fraction of sp³-hybridized carbons (Fsp3) is 0.758. The highest BCUT2D eigenvalue weighted by Gasteiger charge is 2.26. The fourth-order valence-corrected chi connectivity index (χ4v) is 6.41. The summed E-state index contributed by atoms with van der Waals surface area (Å²) in [5.41, 5.74) is -0.862. The Balaban J connectivity index is 2.84. The van der Waals surface area contributed by atoms with Gasteiger partial charge in [0.2, 0.25) is 10.0 Å². The van der Waals surface area contributed by atoms with Crippen LogP contribution < -0.4 is 0 Å². The molecule has 0 aliphatic heterocycles. The van der Waals surface area contributed by atoms with Gasteiger partial charge in [-0.2, -0.15) is 4.31 Å². The van der Waals surface area contributed by atoms with Gasteiger partial charge in [-0.25, -0.2) is 8.42 Å². The molecule has 0 N–H and O–H groups in total. The number of nitro groups is 1. The molecule has 44 heavy (non-hydrogen) atoms. The van der Waals surface area contributed by atoms with Crippen molar-refractivity contribution in [3.05, 3.63) is 34.4 Å². The zero-order valence-corrected chi connectivity index (χ0v) is 28.5. The molecule has 0 bridgehead atoms. The lowest BCUT2D eigenvalue weighted by atomic mass is 10.0. The molecule has 0 unspecified atom stereocenters. The molecule has 0 amide bonds. The van der Waals surface area contributed by atoms with Crippen LogP contribution in [-0.4, -0.2) is 54.4 Å². The maximum absolute atomic E-state index is 13.5. The third-order valence-electron chi connectivity index (χ3n) is 7.24. The molecular formula is C33H56N2O8S. The van der Waals surface area contributed by atoms with Gasteiger partial charge in [-0.05, 0) is 71.4 Å². The van der Waals surface area contributed by atoms with Gasteiger partial charge in [-0.15, -0.1) is 0 Å². The second-order valence-corrected chi connectivity index (χ2v) is 14.4. The van der Waals surface area contributed by atoms with E-state index in [-0.39, 0.29) is 61.4 Å². The molecule has 0 aliphatic rings. The minimum atomic E-state index is -4.03. The molecule has 252 valence electrons. The van der Waals surface area contributed by atoms with E-state index in [0.717, 1.165) is 50.7 Å². The number of ether oxygens (including phenoxy) is 2. The number of unbranched alkanes of at least 4 members (excludes halogenated alkanes) is 8. The van der Waals surface area contributed by atoms with Gasteiger partial charge >= 0.3 is 11.9 Å². The Kier molecular flexibility index (Phi) is 19.1. The Morgan fingerprint density at radius 3 is 1.73 bits per heavy atom. The second-order valence-electron chi connectivity index (χ2n) is 12.5. The Bertz CT molecular complexity index is 1070. The smallest absolute Gasteiger partial charge is 0.306 e. The summed E-state index contributed by atoms with van der Waals surface area (Å²) in [5.74, 6) is -0.761. The van der Waals surface area contributed by atoms with Gasteiger partial charge in [-0.3, -0.25) is 19.7 Å². The maximum atomic E-state index is 13.5. The number of non-ortho nitro benzene ring substituents is 1. The molecule has 11 heteroatoms. The average molecular weight is 641 g/mol. The molecule has 10 nitrogen and oxygen atoms in total. The number of hydrogen-bond donors (Lipinski definition) is 0. The maximum Gasteiger partial charge on any atom is 0.306 e. The van der Waals surface area contributed by atoms with Crippen LogP contribution in [0.2, 0.25) is 0 Å². The Morgan fingerprint density at radius 1 is 0.795 bits per heavy atom. The number of rotatable bonds is 24. The largest absolute Gasteiger partial charge is 0.462 e. The summed E-state index contributed by atoms with van der Waals surface area (Å²) in [6.45, 7) is 9.73. The number of nitro benzene ring substituents is 1. The van der Waals surface area contributed by atoms with Crippen molar-refractivity contribution in [2.24, 2.45) is 0 Å². The topological polar surface area (TPSA) is 133 Å². The summed E-state index contributed by atoms with van der Waals surface area (Å²) in [6, 6.07) is 4.70. The molecule has 0 aromatic heterocycles. The van der Waals surface area contributed by atoms with Crippen molar-refractivity contribution >= 4 is 27.6 Å². The van der Waals surface area contributed by atoms with Crippen LogP contribution in [0.15, 0.2) is 29.2 Å². The fourth-order valence-electron chi connectivity index (χ4n) is 4.89. The predicted octanol–water partition coefficient (Wildman–Crippen LogP) is 8.12. The lowest BCUT2D eigenvalue weighted by Crippen LogP contribution is -2.34. The quantitative estimate of drug-likeness (QED) is 0.0479. The van der Waals surface area contributed by atoms with Crippen molar-refractivity contribution in [1.29, 1.82) is 0 Å². The summed E-state index contributed by atoms with van der Waals surface area (Å²) < 4.78 is 39.4. The Labute approximate surface area is 265 Å². The minimum absolute atomic E-state index is 0.0315. The molecule has 0 heterocycles. The first-order chi connectivity index (χ1) is 20.8. The number of nitrogens with zero attached hydrogens (tertiary/aromatic N) is 2. The third kappa shape index (κ3) is 17.1. The summed E-state index contributed by atoms with van der Waals surface area (Å²) in [7, 11) is -4.03.